The first kappa shape index (κ1) is 35.0. The molecule has 0 aliphatic carbocycles. The van der Waals surface area contributed by atoms with Crippen molar-refractivity contribution in [2.75, 3.05) is 0 Å². The van der Waals surface area contributed by atoms with Crippen LogP contribution in [0.25, 0.3) is 105 Å². The quantitative estimate of drug-likeness (QED) is 0.168. The average molecular weight is 805 g/mol. The van der Waals surface area contributed by atoms with Gasteiger partial charge < -0.3 is 8.98 Å². The number of furan rings is 1. The first-order valence-electron chi connectivity index (χ1n) is 18.9. The number of aromatic nitrogens is 3. The maximum atomic E-state index is 6.40. The van der Waals surface area contributed by atoms with Gasteiger partial charge in [-0.1, -0.05) is 109 Å². The van der Waals surface area contributed by atoms with E-state index in [0.29, 0.717) is 0 Å². The zero-order valence-electron chi connectivity index (χ0n) is 30.9. The van der Waals surface area contributed by atoms with Crippen LogP contribution in [0.3, 0.4) is 0 Å². The molecule has 0 saturated carbocycles. The van der Waals surface area contributed by atoms with Crippen molar-refractivity contribution in [3.63, 3.8) is 0 Å². The number of hydrogen-bond acceptors (Lipinski definition) is 3. The number of rotatable bonds is 6. The Hall–Kier alpha value is -6.46. The van der Waals surface area contributed by atoms with Crippen molar-refractivity contribution < 1.29 is 37.1 Å². The SMILES string of the molecule is [Y].c1ccc(-c2ccc3oc4ccc(-n5c6ccc(-c7ccccc7-c7ccccn7)cc6c6cc(-c7ccccc7-c7ccccn7)ccc65)cc4c3c2)cc1. The molecule has 0 bridgehead atoms. The smallest absolute Gasteiger partial charge is 0.135 e. The van der Waals surface area contributed by atoms with Gasteiger partial charge in [-0.3, -0.25) is 9.97 Å². The Kier molecular flexibility index (Phi) is 8.94. The second-order valence-electron chi connectivity index (χ2n) is 14.2. The molecule has 4 nitrogen and oxygen atoms in total. The van der Waals surface area contributed by atoms with Crippen LogP contribution in [-0.2, 0) is 32.7 Å². The van der Waals surface area contributed by atoms with Gasteiger partial charge >= 0.3 is 0 Å². The van der Waals surface area contributed by atoms with Crippen LogP contribution in [0, 0.1) is 0 Å². The van der Waals surface area contributed by atoms with Crippen molar-refractivity contribution in [2.45, 2.75) is 0 Å². The van der Waals surface area contributed by atoms with Crippen LogP contribution in [0.4, 0.5) is 0 Å². The van der Waals surface area contributed by atoms with E-state index >= 15 is 0 Å². The summed E-state index contributed by atoms with van der Waals surface area (Å²) in [4.78, 5) is 9.43. The fourth-order valence-electron chi connectivity index (χ4n) is 8.31. The van der Waals surface area contributed by atoms with Crippen molar-refractivity contribution in [3.05, 3.63) is 200 Å². The second kappa shape index (κ2) is 14.6. The molecule has 0 saturated heterocycles. The molecule has 0 N–H and O–H groups in total. The van der Waals surface area contributed by atoms with E-state index < -0.39 is 0 Å². The fraction of sp³-hybridized carbons (Fsp3) is 0. The monoisotopic (exact) mass is 804 g/mol. The molecule has 0 atom stereocenters. The molecular formula is C52H33N3OY. The third-order valence-electron chi connectivity index (χ3n) is 10.9. The van der Waals surface area contributed by atoms with Crippen LogP contribution >= 0.6 is 0 Å². The predicted molar refractivity (Wildman–Crippen MR) is 231 cm³/mol. The molecule has 7 aromatic carbocycles. The van der Waals surface area contributed by atoms with Crippen LogP contribution in [0.5, 0.6) is 0 Å². The molecule has 11 aromatic rings. The Morgan fingerprint density at radius 3 is 1.39 bits per heavy atom. The van der Waals surface area contributed by atoms with Crippen LogP contribution < -0.4 is 0 Å². The minimum Gasteiger partial charge on any atom is -0.456 e. The summed E-state index contributed by atoms with van der Waals surface area (Å²) in [7, 11) is 0. The molecule has 5 heteroatoms. The minimum absolute atomic E-state index is 0. The molecule has 0 unspecified atom stereocenters. The summed E-state index contributed by atoms with van der Waals surface area (Å²) in [5, 5.41) is 4.54. The van der Waals surface area contributed by atoms with E-state index in [9.17, 15) is 0 Å². The van der Waals surface area contributed by atoms with E-state index in [1.165, 1.54) is 21.9 Å². The first-order valence-corrected chi connectivity index (χ1v) is 18.9. The zero-order chi connectivity index (χ0) is 37.0. The van der Waals surface area contributed by atoms with Crippen molar-refractivity contribution in [1.82, 2.24) is 14.5 Å². The summed E-state index contributed by atoms with van der Waals surface area (Å²) in [6.07, 6.45) is 3.71. The molecule has 1 radical (unpaired) electrons. The third kappa shape index (κ3) is 6.10. The van der Waals surface area contributed by atoms with E-state index in [1.54, 1.807) is 0 Å². The van der Waals surface area contributed by atoms with Gasteiger partial charge in [0.15, 0.2) is 0 Å². The zero-order valence-corrected chi connectivity index (χ0v) is 33.7. The topological polar surface area (TPSA) is 43.9 Å². The van der Waals surface area contributed by atoms with E-state index in [2.05, 4.69) is 168 Å². The van der Waals surface area contributed by atoms with Gasteiger partial charge in [-0.05, 0) is 112 Å². The fourth-order valence-corrected chi connectivity index (χ4v) is 8.31. The molecule has 4 aromatic heterocycles. The van der Waals surface area contributed by atoms with E-state index in [0.717, 1.165) is 83.4 Å². The molecule has 0 amide bonds. The maximum absolute atomic E-state index is 6.40. The largest absolute Gasteiger partial charge is 0.456 e. The van der Waals surface area contributed by atoms with Gasteiger partial charge in [0.25, 0.3) is 0 Å². The summed E-state index contributed by atoms with van der Waals surface area (Å²) in [6.45, 7) is 0. The molecule has 265 valence electrons. The van der Waals surface area contributed by atoms with E-state index in [-0.39, 0.29) is 32.7 Å². The van der Waals surface area contributed by atoms with Crippen molar-refractivity contribution in [3.8, 4) is 61.6 Å². The van der Waals surface area contributed by atoms with Crippen molar-refractivity contribution in [2.24, 2.45) is 0 Å². The van der Waals surface area contributed by atoms with Gasteiger partial charge in [0.05, 0.1) is 22.4 Å². The summed E-state index contributed by atoms with van der Waals surface area (Å²) in [5.74, 6) is 0. The third-order valence-corrected chi connectivity index (χ3v) is 10.9. The Morgan fingerprint density at radius 1 is 0.351 bits per heavy atom. The van der Waals surface area contributed by atoms with Crippen molar-refractivity contribution >= 4 is 43.7 Å². The Balaban J connectivity index is 0.00000396. The van der Waals surface area contributed by atoms with Crippen LogP contribution in [0.15, 0.2) is 205 Å². The normalized spacial score (nSPS) is 11.4. The summed E-state index contributed by atoms with van der Waals surface area (Å²) >= 11 is 0. The van der Waals surface area contributed by atoms with Crippen molar-refractivity contribution in [1.29, 1.82) is 0 Å². The average Bonchev–Trinajstić information content (AvgIpc) is 3.81. The van der Waals surface area contributed by atoms with Crippen LogP contribution in [0.1, 0.15) is 0 Å². The molecular weight excluding hydrogens is 771 g/mol. The Labute approximate surface area is 355 Å². The van der Waals surface area contributed by atoms with Gasteiger partial charge in [0, 0.05) is 83.5 Å². The Bertz CT molecular complexity index is 3100. The molecule has 4 heterocycles. The van der Waals surface area contributed by atoms with Gasteiger partial charge in [-0.2, -0.15) is 0 Å². The molecule has 57 heavy (non-hydrogen) atoms. The number of pyridine rings is 2. The van der Waals surface area contributed by atoms with E-state index in [1.807, 2.05) is 36.7 Å². The summed E-state index contributed by atoms with van der Waals surface area (Å²) in [5.41, 5.74) is 16.1. The number of hydrogen-bond donors (Lipinski definition) is 0. The maximum Gasteiger partial charge on any atom is 0.135 e. The summed E-state index contributed by atoms with van der Waals surface area (Å²) < 4.78 is 8.79. The van der Waals surface area contributed by atoms with Gasteiger partial charge in [-0.25, -0.2) is 0 Å². The standard InChI is InChI=1S/C52H33N3O.Y/c1-2-12-34(13-3-1)35-22-26-51-45(30-35)46-33-38(23-27-52(46)56-51)55-49-24-20-36(39-14-4-6-16-41(39)47-18-8-10-28-53-47)31-43(49)44-32-37(21-25-50(44)55)40-15-5-7-17-42(40)48-19-9-11-29-54-48;/h1-33H;. The first-order chi connectivity index (χ1) is 27.8. The van der Waals surface area contributed by atoms with Gasteiger partial charge in [-0.15, -0.1) is 0 Å². The van der Waals surface area contributed by atoms with Crippen LogP contribution in [0.2, 0.25) is 0 Å². The molecule has 0 fully saturated rings. The predicted octanol–water partition coefficient (Wildman–Crippen LogP) is 13.8. The molecule has 0 aliphatic heterocycles. The molecule has 11 rings (SSSR count). The molecule has 0 spiro atoms. The number of nitrogens with zero attached hydrogens (tertiary/aromatic N) is 3. The Morgan fingerprint density at radius 2 is 0.825 bits per heavy atom. The number of benzene rings is 7. The van der Waals surface area contributed by atoms with Crippen LogP contribution in [-0.4, -0.2) is 14.5 Å². The van der Waals surface area contributed by atoms with Gasteiger partial charge in [0.1, 0.15) is 11.2 Å². The minimum atomic E-state index is 0. The molecule has 0 aliphatic rings. The van der Waals surface area contributed by atoms with Gasteiger partial charge in [0.2, 0.25) is 0 Å². The van der Waals surface area contributed by atoms with E-state index in [4.69, 9.17) is 14.4 Å². The summed E-state index contributed by atoms with van der Waals surface area (Å²) in [6, 6.07) is 66.6. The number of fused-ring (bicyclic) bond motifs is 6. The second-order valence-corrected chi connectivity index (χ2v) is 14.2.